The number of phenols is 1. The van der Waals surface area contributed by atoms with E-state index in [-0.39, 0.29) is 11.5 Å². The lowest BCUT2D eigenvalue weighted by Gasteiger charge is -2.10. The number of thiophene rings is 1. The number of fused-ring (bicyclic) bond motifs is 1. The Hall–Kier alpha value is -3.22. The average Bonchev–Trinajstić information content (AvgIpc) is 3.16. The van der Waals surface area contributed by atoms with Crippen LogP contribution in [-0.4, -0.2) is 24.0 Å². The zero-order valence-corrected chi connectivity index (χ0v) is 19.5. The lowest BCUT2D eigenvalue weighted by Crippen LogP contribution is -2.14. The van der Waals surface area contributed by atoms with Crippen molar-refractivity contribution < 1.29 is 19.0 Å². The van der Waals surface area contributed by atoms with E-state index in [0.717, 1.165) is 36.0 Å². The van der Waals surface area contributed by atoms with Gasteiger partial charge in [-0.1, -0.05) is 25.1 Å². The smallest absolute Gasteiger partial charge is 0.207 e. The van der Waals surface area contributed by atoms with Gasteiger partial charge < -0.3 is 15.2 Å². The van der Waals surface area contributed by atoms with E-state index in [1.807, 2.05) is 24.3 Å². The van der Waals surface area contributed by atoms with Crippen LogP contribution in [0.15, 0.2) is 60.7 Å². The second kappa shape index (κ2) is 10.1. The van der Waals surface area contributed by atoms with Crippen molar-refractivity contribution in [1.29, 1.82) is 0 Å². The number of carbonyl (C=O) groups excluding carboxylic acids is 1. The van der Waals surface area contributed by atoms with Crippen LogP contribution in [-0.2, 0) is 6.42 Å². The number of rotatable bonds is 9. The van der Waals surface area contributed by atoms with Crippen molar-refractivity contribution in [2.75, 3.05) is 13.1 Å². The third kappa shape index (κ3) is 5.24. The first-order valence-corrected chi connectivity index (χ1v) is 11.8. The van der Waals surface area contributed by atoms with Crippen LogP contribution < -0.4 is 10.1 Å². The molecule has 0 atom stereocenters. The molecular weight excluding hydrogens is 437 g/mol. The van der Waals surface area contributed by atoms with Crippen LogP contribution in [0.5, 0.6) is 17.2 Å². The highest BCUT2D eigenvalue weighted by molar-refractivity contribution is 7.21. The molecule has 3 aromatic carbocycles. The highest BCUT2D eigenvalue weighted by Crippen LogP contribution is 2.43. The molecular formula is C27H26FNO3S. The largest absolute Gasteiger partial charge is 0.508 e. The molecule has 0 saturated carbocycles. The zero-order valence-electron chi connectivity index (χ0n) is 18.7. The van der Waals surface area contributed by atoms with Gasteiger partial charge in [-0.2, -0.15) is 0 Å². The maximum Gasteiger partial charge on any atom is 0.207 e. The minimum absolute atomic E-state index is 0.109. The number of aryl methyl sites for hydroxylation is 2. The number of phenolic OH excluding ortho intramolecular Hbond substituents is 1. The van der Waals surface area contributed by atoms with E-state index >= 15 is 0 Å². The number of hydrogen-bond donors (Lipinski definition) is 2. The van der Waals surface area contributed by atoms with Crippen LogP contribution in [0.1, 0.15) is 39.7 Å². The first kappa shape index (κ1) is 23.0. The average molecular weight is 464 g/mol. The summed E-state index contributed by atoms with van der Waals surface area (Å²) in [6.07, 6.45) is 2.02. The van der Waals surface area contributed by atoms with Crippen LogP contribution in [0.4, 0.5) is 4.39 Å². The van der Waals surface area contributed by atoms with Gasteiger partial charge in [0.25, 0.3) is 0 Å². The summed E-state index contributed by atoms with van der Waals surface area (Å²) in [5, 5.41) is 14.0. The summed E-state index contributed by atoms with van der Waals surface area (Å²) >= 11 is 1.23. The zero-order chi connectivity index (χ0) is 23.4. The van der Waals surface area contributed by atoms with Crippen molar-refractivity contribution in [3.05, 3.63) is 88.0 Å². The van der Waals surface area contributed by atoms with Crippen molar-refractivity contribution >= 4 is 27.2 Å². The van der Waals surface area contributed by atoms with Crippen molar-refractivity contribution in [3.63, 3.8) is 0 Å². The van der Waals surface area contributed by atoms with E-state index in [1.165, 1.54) is 29.0 Å². The maximum absolute atomic E-state index is 13.9. The standard InChI is InChI=1S/C27H26FNO3S/c1-3-29-14-4-5-18-7-11-21(12-8-18)32-26-22-13-10-20(30)16-24(22)33-27(26)25(31)23-15-19(28)9-6-17(23)2/h6-13,15-16,29-30H,3-5,14H2,1-2H3. The summed E-state index contributed by atoms with van der Waals surface area (Å²) < 4.78 is 20.8. The summed E-state index contributed by atoms with van der Waals surface area (Å²) in [7, 11) is 0. The fourth-order valence-corrected chi connectivity index (χ4v) is 4.83. The molecule has 0 bridgehead atoms. The normalized spacial score (nSPS) is 11.1. The molecule has 0 saturated heterocycles. The summed E-state index contributed by atoms with van der Waals surface area (Å²) in [6, 6.07) is 16.9. The molecule has 0 unspecified atom stereocenters. The Balaban J connectivity index is 1.67. The fraction of sp³-hybridized carbons (Fsp3) is 0.222. The molecule has 4 rings (SSSR count). The van der Waals surface area contributed by atoms with Crippen molar-refractivity contribution in [1.82, 2.24) is 5.32 Å². The molecule has 2 N–H and O–H groups in total. The van der Waals surface area contributed by atoms with Crippen LogP contribution >= 0.6 is 11.3 Å². The first-order valence-electron chi connectivity index (χ1n) is 11.0. The number of hydrogen-bond acceptors (Lipinski definition) is 5. The first-order chi connectivity index (χ1) is 16.0. The number of nitrogens with one attached hydrogen (secondary N) is 1. The molecule has 0 fully saturated rings. The van der Waals surface area contributed by atoms with E-state index < -0.39 is 5.82 Å². The Morgan fingerprint density at radius 2 is 1.88 bits per heavy atom. The summed E-state index contributed by atoms with van der Waals surface area (Å²) in [5.41, 5.74) is 2.20. The Labute approximate surface area is 196 Å². The van der Waals surface area contributed by atoms with Gasteiger partial charge in [0.1, 0.15) is 22.2 Å². The van der Waals surface area contributed by atoms with E-state index in [2.05, 4.69) is 12.2 Å². The number of benzene rings is 3. The maximum atomic E-state index is 13.9. The van der Waals surface area contributed by atoms with Crippen LogP contribution in [0, 0.1) is 12.7 Å². The van der Waals surface area contributed by atoms with Gasteiger partial charge in [-0.3, -0.25) is 4.79 Å². The summed E-state index contributed by atoms with van der Waals surface area (Å²) in [4.78, 5) is 13.8. The van der Waals surface area contributed by atoms with Gasteiger partial charge in [-0.15, -0.1) is 11.3 Å². The molecule has 0 aliphatic carbocycles. The fourth-order valence-electron chi connectivity index (χ4n) is 3.71. The number of ketones is 1. The van der Waals surface area contributed by atoms with Gasteiger partial charge in [0.05, 0.1) is 0 Å². The van der Waals surface area contributed by atoms with Gasteiger partial charge >= 0.3 is 0 Å². The summed E-state index contributed by atoms with van der Waals surface area (Å²) in [6.45, 7) is 5.82. The molecule has 0 aliphatic heterocycles. The Morgan fingerprint density at radius 1 is 1.09 bits per heavy atom. The number of aromatic hydroxyl groups is 1. The molecule has 170 valence electrons. The second-order valence-electron chi connectivity index (χ2n) is 7.93. The molecule has 0 spiro atoms. The Bertz CT molecular complexity index is 1280. The molecule has 0 aliphatic rings. The third-order valence-electron chi connectivity index (χ3n) is 5.49. The van der Waals surface area contributed by atoms with Crippen molar-refractivity contribution in [2.24, 2.45) is 0 Å². The SMILES string of the molecule is CCNCCCc1ccc(Oc2c(C(=O)c3cc(F)ccc3C)sc3cc(O)ccc23)cc1. The van der Waals surface area contributed by atoms with Crippen molar-refractivity contribution in [3.8, 4) is 17.2 Å². The lowest BCUT2D eigenvalue weighted by atomic mass is 10.0. The highest BCUT2D eigenvalue weighted by Gasteiger charge is 2.23. The number of halogens is 1. The van der Waals surface area contributed by atoms with Crippen LogP contribution in [0.2, 0.25) is 0 Å². The lowest BCUT2D eigenvalue weighted by molar-refractivity contribution is 0.103. The molecule has 1 aromatic heterocycles. The molecule has 6 heteroatoms. The molecule has 0 amide bonds. The van der Waals surface area contributed by atoms with E-state index in [9.17, 15) is 14.3 Å². The van der Waals surface area contributed by atoms with E-state index in [0.29, 0.717) is 27.5 Å². The highest BCUT2D eigenvalue weighted by atomic mass is 32.1. The molecule has 0 radical (unpaired) electrons. The topological polar surface area (TPSA) is 58.6 Å². The monoisotopic (exact) mass is 463 g/mol. The van der Waals surface area contributed by atoms with Crippen LogP contribution in [0.25, 0.3) is 10.1 Å². The minimum Gasteiger partial charge on any atom is -0.508 e. The second-order valence-corrected chi connectivity index (χ2v) is 8.98. The van der Waals surface area contributed by atoms with Gasteiger partial charge in [0.15, 0.2) is 5.75 Å². The van der Waals surface area contributed by atoms with Crippen molar-refractivity contribution in [2.45, 2.75) is 26.7 Å². The van der Waals surface area contributed by atoms with Gasteiger partial charge in [-0.25, -0.2) is 4.39 Å². The number of carbonyl (C=O) groups is 1. The van der Waals surface area contributed by atoms with Gasteiger partial charge in [0.2, 0.25) is 5.78 Å². The molecule has 4 aromatic rings. The minimum atomic E-state index is -0.463. The quantitative estimate of drug-likeness (QED) is 0.216. The predicted molar refractivity (Wildman–Crippen MR) is 131 cm³/mol. The van der Waals surface area contributed by atoms with E-state index in [4.69, 9.17) is 4.74 Å². The van der Waals surface area contributed by atoms with Crippen LogP contribution in [0.3, 0.4) is 0 Å². The third-order valence-corrected chi connectivity index (χ3v) is 6.62. The molecule has 33 heavy (non-hydrogen) atoms. The van der Waals surface area contributed by atoms with E-state index in [1.54, 1.807) is 31.2 Å². The Morgan fingerprint density at radius 3 is 2.64 bits per heavy atom. The molecule has 4 nitrogen and oxygen atoms in total. The predicted octanol–water partition coefficient (Wildman–Crippen LogP) is 6.62. The van der Waals surface area contributed by atoms with Gasteiger partial charge in [-0.05, 0) is 86.4 Å². The number of ether oxygens (including phenoxy) is 1. The Kier molecular flexibility index (Phi) is 7.06. The van der Waals surface area contributed by atoms with Gasteiger partial charge in [0, 0.05) is 15.6 Å². The molecule has 1 heterocycles. The summed E-state index contributed by atoms with van der Waals surface area (Å²) in [5.74, 6) is 0.377.